The second kappa shape index (κ2) is 10.3. The van der Waals surface area contributed by atoms with Gasteiger partial charge in [-0.1, -0.05) is 18.2 Å². The van der Waals surface area contributed by atoms with Gasteiger partial charge in [-0.2, -0.15) is 0 Å². The monoisotopic (exact) mass is 434 g/mol. The molecular formula is C22H30N2O5S. The van der Waals surface area contributed by atoms with Crippen LogP contribution >= 0.6 is 0 Å². The van der Waals surface area contributed by atoms with Crippen molar-refractivity contribution in [2.75, 3.05) is 23.8 Å². The fourth-order valence-corrected chi connectivity index (χ4v) is 4.28. The van der Waals surface area contributed by atoms with Gasteiger partial charge in [0.15, 0.2) is 11.5 Å². The quantitative estimate of drug-likeness (QED) is 0.620. The molecule has 0 saturated heterocycles. The molecule has 2 aromatic carbocycles. The predicted molar refractivity (Wildman–Crippen MR) is 119 cm³/mol. The average molecular weight is 435 g/mol. The van der Waals surface area contributed by atoms with Gasteiger partial charge in [-0.15, -0.1) is 0 Å². The maximum atomic E-state index is 12.8. The molecule has 0 saturated carbocycles. The van der Waals surface area contributed by atoms with Crippen LogP contribution in [0.15, 0.2) is 42.5 Å². The van der Waals surface area contributed by atoms with Gasteiger partial charge in [-0.05, 0) is 63.1 Å². The van der Waals surface area contributed by atoms with Crippen molar-refractivity contribution in [1.29, 1.82) is 0 Å². The first-order valence-corrected chi connectivity index (χ1v) is 11.7. The number of ether oxygens (including phenoxy) is 2. The largest absolute Gasteiger partial charge is 0.490 e. The number of amides is 1. The molecule has 1 atom stereocenters. The molecular weight excluding hydrogens is 404 g/mol. The molecule has 1 N–H and O–H groups in total. The summed E-state index contributed by atoms with van der Waals surface area (Å²) in [4.78, 5) is 12.8. The lowest BCUT2D eigenvalue weighted by atomic mass is 10.2. The highest BCUT2D eigenvalue weighted by Gasteiger charge is 2.29. The molecule has 0 spiro atoms. The molecule has 164 valence electrons. The van der Waals surface area contributed by atoms with Gasteiger partial charge in [-0.3, -0.25) is 9.10 Å². The lowest BCUT2D eigenvalue weighted by Crippen LogP contribution is -2.47. The number of rotatable bonds is 10. The van der Waals surface area contributed by atoms with Crippen LogP contribution in [-0.2, 0) is 21.4 Å². The van der Waals surface area contributed by atoms with Gasteiger partial charge in [-0.25, -0.2) is 8.42 Å². The first-order valence-electron chi connectivity index (χ1n) is 9.89. The smallest absolute Gasteiger partial charge is 0.243 e. The summed E-state index contributed by atoms with van der Waals surface area (Å²) >= 11 is 0. The summed E-state index contributed by atoms with van der Waals surface area (Å²) in [6.07, 6.45) is 1.10. The second-order valence-corrected chi connectivity index (χ2v) is 8.80. The molecule has 2 aromatic rings. The Hall–Kier alpha value is -2.74. The van der Waals surface area contributed by atoms with Crippen molar-refractivity contribution < 1.29 is 22.7 Å². The van der Waals surface area contributed by atoms with Crippen LogP contribution in [0.2, 0.25) is 0 Å². The third-order valence-electron chi connectivity index (χ3n) is 4.42. The Kier molecular flexibility index (Phi) is 8.11. The number of sulfonamides is 1. The Morgan fingerprint density at radius 3 is 2.33 bits per heavy atom. The number of hydrogen-bond acceptors (Lipinski definition) is 5. The molecule has 0 radical (unpaired) electrons. The minimum atomic E-state index is -3.65. The summed E-state index contributed by atoms with van der Waals surface area (Å²) in [7, 11) is -3.65. The average Bonchev–Trinajstić information content (AvgIpc) is 2.67. The van der Waals surface area contributed by atoms with E-state index in [0.29, 0.717) is 30.4 Å². The molecule has 7 nitrogen and oxygen atoms in total. The number of benzene rings is 2. The van der Waals surface area contributed by atoms with Gasteiger partial charge in [0.2, 0.25) is 15.9 Å². The van der Waals surface area contributed by atoms with Crippen LogP contribution in [0.3, 0.4) is 0 Å². The molecule has 0 fully saturated rings. The van der Waals surface area contributed by atoms with E-state index in [1.165, 1.54) is 0 Å². The SMILES string of the molecule is CCOc1ccc(CNC(=O)[C@H](C)N(c2cccc(C)c2)S(C)(=O)=O)cc1OCC. The fourth-order valence-electron chi connectivity index (χ4n) is 3.12. The molecule has 1 amide bonds. The molecule has 0 heterocycles. The van der Waals surface area contributed by atoms with E-state index in [2.05, 4.69) is 5.32 Å². The normalized spacial score (nSPS) is 12.2. The number of carbonyl (C=O) groups is 1. The Balaban J connectivity index is 2.17. The van der Waals surface area contributed by atoms with Crippen LogP contribution in [0.1, 0.15) is 31.9 Å². The zero-order chi connectivity index (χ0) is 22.3. The molecule has 2 rings (SSSR count). The van der Waals surface area contributed by atoms with Crippen molar-refractivity contribution in [2.45, 2.75) is 40.3 Å². The molecule has 0 aliphatic rings. The second-order valence-electron chi connectivity index (χ2n) is 6.94. The number of anilines is 1. The van der Waals surface area contributed by atoms with Gasteiger partial charge in [0.1, 0.15) is 6.04 Å². The number of aryl methyl sites for hydroxylation is 1. The lowest BCUT2D eigenvalue weighted by Gasteiger charge is -2.28. The Morgan fingerprint density at radius 2 is 1.73 bits per heavy atom. The summed E-state index contributed by atoms with van der Waals surface area (Å²) in [6, 6.07) is 11.6. The van der Waals surface area contributed by atoms with Gasteiger partial charge in [0.05, 0.1) is 25.2 Å². The van der Waals surface area contributed by atoms with Gasteiger partial charge in [0.25, 0.3) is 0 Å². The van der Waals surface area contributed by atoms with Crippen LogP contribution in [0, 0.1) is 6.92 Å². The van der Waals surface area contributed by atoms with E-state index in [1.807, 2.05) is 39.0 Å². The van der Waals surface area contributed by atoms with Gasteiger partial charge >= 0.3 is 0 Å². The summed E-state index contributed by atoms with van der Waals surface area (Å²) < 4.78 is 37.1. The van der Waals surface area contributed by atoms with Crippen molar-refractivity contribution in [1.82, 2.24) is 5.32 Å². The van der Waals surface area contributed by atoms with Crippen LogP contribution in [-0.4, -0.2) is 39.8 Å². The summed E-state index contributed by atoms with van der Waals surface area (Å²) in [5.74, 6) is 0.857. The van der Waals surface area contributed by atoms with Crippen LogP contribution in [0.25, 0.3) is 0 Å². The summed E-state index contributed by atoms with van der Waals surface area (Å²) in [5.41, 5.74) is 2.19. The zero-order valence-corrected chi connectivity index (χ0v) is 19.0. The summed E-state index contributed by atoms with van der Waals surface area (Å²) in [5, 5.41) is 2.82. The number of hydrogen-bond donors (Lipinski definition) is 1. The van der Waals surface area contributed by atoms with Crippen LogP contribution in [0.5, 0.6) is 11.5 Å². The molecule has 0 aliphatic heterocycles. The summed E-state index contributed by atoms with van der Waals surface area (Å²) in [6.45, 7) is 8.48. The first kappa shape index (κ1) is 23.5. The maximum Gasteiger partial charge on any atom is 0.243 e. The van der Waals surface area contributed by atoms with Crippen LogP contribution < -0.4 is 19.1 Å². The van der Waals surface area contributed by atoms with Crippen molar-refractivity contribution in [3.05, 3.63) is 53.6 Å². The minimum Gasteiger partial charge on any atom is -0.490 e. The minimum absolute atomic E-state index is 0.237. The van der Waals surface area contributed by atoms with E-state index in [-0.39, 0.29) is 6.54 Å². The van der Waals surface area contributed by atoms with Crippen LogP contribution in [0.4, 0.5) is 5.69 Å². The Bertz CT molecular complexity index is 975. The molecule has 8 heteroatoms. The maximum absolute atomic E-state index is 12.8. The van der Waals surface area contributed by atoms with Gasteiger partial charge in [0, 0.05) is 6.54 Å². The molecule has 30 heavy (non-hydrogen) atoms. The molecule has 0 bridgehead atoms. The number of nitrogens with one attached hydrogen (secondary N) is 1. The van der Waals surface area contributed by atoms with E-state index < -0.39 is 22.0 Å². The Morgan fingerprint density at radius 1 is 1.07 bits per heavy atom. The molecule has 0 unspecified atom stereocenters. The molecule has 0 aliphatic carbocycles. The van der Waals surface area contributed by atoms with E-state index in [1.54, 1.807) is 31.2 Å². The van der Waals surface area contributed by atoms with Crippen molar-refractivity contribution >= 4 is 21.6 Å². The lowest BCUT2D eigenvalue weighted by molar-refractivity contribution is -0.122. The van der Waals surface area contributed by atoms with Crippen molar-refractivity contribution in [3.63, 3.8) is 0 Å². The predicted octanol–water partition coefficient (Wildman–Crippen LogP) is 3.26. The highest BCUT2D eigenvalue weighted by atomic mass is 32.2. The fraction of sp³-hybridized carbons (Fsp3) is 0.409. The third kappa shape index (κ3) is 6.13. The van der Waals surface area contributed by atoms with Crippen molar-refractivity contribution in [2.24, 2.45) is 0 Å². The van der Waals surface area contributed by atoms with E-state index in [4.69, 9.17) is 9.47 Å². The van der Waals surface area contributed by atoms with E-state index in [0.717, 1.165) is 21.7 Å². The standard InChI is InChI=1S/C22H30N2O5S/c1-6-28-20-12-11-18(14-21(20)29-7-2)15-23-22(25)17(4)24(30(5,26)27)19-10-8-9-16(3)13-19/h8-14,17H,6-7,15H2,1-5H3,(H,23,25)/t17-/m0/s1. The van der Waals surface area contributed by atoms with Gasteiger partial charge < -0.3 is 14.8 Å². The zero-order valence-electron chi connectivity index (χ0n) is 18.1. The number of carbonyl (C=O) groups excluding carboxylic acids is 1. The highest BCUT2D eigenvalue weighted by molar-refractivity contribution is 7.92. The highest BCUT2D eigenvalue weighted by Crippen LogP contribution is 2.28. The van der Waals surface area contributed by atoms with Crippen molar-refractivity contribution in [3.8, 4) is 11.5 Å². The molecule has 0 aromatic heterocycles. The third-order valence-corrected chi connectivity index (χ3v) is 5.66. The van der Waals surface area contributed by atoms with E-state index in [9.17, 15) is 13.2 Å². The first-order chi connectivity index (χ1) is 14.2. The Labute approximate surface area is 179 Å². The van der Waals surface area contributed by atoms with E-state index >= 15 is 0 Å². The topological polar surface area (TPSA) is 84.9 Å². The number of nitrogens with zero attached hydrogens (tertiary/aromatic N) is 1.